The van der Waals surface area contributed by atoms with Gasteiger partial charge in [0.15, 0.2) is 0 Å². The predicted molar refractivity (Wildman–Crippen MR) is 222 cm³/mol. The van der Waals surface area contributed by atoms with Crippen molar-refractivity contribution in [3.05, 3.63) is 210 Å². The summed E-state index contributed by atoms with van der Waals surface area (Å²) in [6.07, 6.45) is 23.0. The topological polar surface area (TPSA) is 8.17 Å². The van der Waals surface area contributed by atoms with Gasteiger partial charge in [0.05, 0.1) is 17.1 Å². The maximum atomic E-state index is 3.50. The van der Waals surface area contributed by atoms with Crippen LogP contribution in [0.4, 0.5) is 0 Å². The van der Waals surface area contributed by atoms with E-state index < -0.39 is 0 Å². The SMILES string of the molecule is C1=CC=CC2C(C=1)C1CC(c3ccc4c(c3)c3ccccc3n4-c3ccc4ccccc4c3)=CC=C1N2C1=CCC(c2ccc3ccccc3c2)C=C1. The minimum atomic E-state index is 0.265. The average molecular weight is 679 g/mol. The summed E-state index contributed by atoms with van der Waals surface area (Å²) in [6.45, 7) is 0. The van der Waals surface area contributed by atoms with Crippen LogP contribution in [0.2, 0.25) is 0 Å². The highest BCUT2D eigenvalue weighted by molar-refractivity contribution is 6.10. The number of hydrogen-bond acceptors (Lipinski definition) is 1. The molecule has 2 heteroatoms. The molecule has 4 atom stereocenters. The normalized spacial score (nSPS) is 21.9. The highest BCUT2D eigenvalue weighted by atomic mass is 15.2. The van der Waals surface area contributed by atoms with Gasteiger partial charge in [0.1, 0.15) is 0 Å². The summed E-state index contributed by atoms with van der Waals surface area (Å²) >= 11 is 0. The van der Waals surface area contributed by atoms with Gasteiger partial charge in [-0.3, -0.25) is 0 Å². The molecule has 0 bridgehead atoms. The van der Waals surface area contributed by atoms with Crippen LogP contribution in [-0.2, 0) is 0 Å². The van der Waals surface area contributed by atoms with E-state index in [2.05, 4.69) is 197 Å². The maximum Gasteiger partial charge on any atom is 0.0597 e. The van der Waals surface area contributed by atoms with Crippen LogP contribution in [0.3, 0.4) is 0 Å². The van der Waals surface area contributed by atoms with Crippen LogP contribution in [0.15, 0.2) is 199 Å². The Morgan fingerprint density at radius 2 is 1.42 bits per heavy atom. The minimum absolute atomic E-state index is 0.265. The molecule has 1 fully saturated rings. The molecule has 0 saturated carbocycles. The lowest BCUT2D eigenvalue weighted by atomic mass is 9.80. The first-order valence-corrected chi connectivity index (χ1v) is 19.0. The monoisotopic (exact) mass is 678 g/mol. The number of benzene rings is 6. The molecule has 252 valence electrons. The quantitative estimate of drug-likeness (QED) is 0.168. The molecule has 0 N–H and O–H groups in total. The van der Waals surface area contributed by atoms with E-state index in [-0.39, 0.29) is 6.04 Å². The van der Waals surface area contributed by atoms with Crippen molar-refractivity contribution >= 4 is 48.9 Å². The Kier molecular flexibility index (Phi) is 6.93. The number of para-hydroxylation sites is 1. The highest BCUT2D eigenvalue weighted by Crippen LogP contribution is 2.50. The van der Waals surface area contributed by atoms with E-state index in [1.807, 2.05) is 0 Å². The van der Waals surface area contributed by atoms with E-state index in [4.69, 9.17) is 0 Å². The van der Waals surface area contributed by atoms with Crippen molar-refractivity contribution in [2.75, 3.05) is 0 Å². The van der Waals surface area contributed by atoms with Crippen molar-refractivity contribution < 1.29 is 0 Å². The molecule has 1 aromatic heterocycles. The molecular weight excluding hydrogens is 641 g/mol. The number of likely N-dealkylation sites (tertiary alicyclic amines) is 1. The first-order valence-electron chi connectivity index (χ1n) is 19.0. The van der Waals surface area contributed by atoms with E-state index in [9.17, 15) is 0 Å². The molecule has 4 aliphatic rings. The van der Waals surface area contributed by atoms with Gasteiger partial charge in [-0.1, -0.05) is 127 Å². The van der Waals surface area contributed by atoms with Gasteiger partial charge in [-0.25, -0.2) is 0 Å². The van der Waals surface area contributed by atoms with Gasteiger partial charge in [-0.05, 0) is 106 Å². The number of rotatable bonds is 4. The van der Waals surface area contributed by atoms with Gasteiger partial charge in [-0.15, -0.1) is 5.73 Å². The van der Waals surface area contributed by atoms with Crippen molar-refractivity contribution in [3.63, 3.8) is 0 Å². The number of aromatic nitrogens is 1. The number of nitrogens with zero attached hydrogens (tertiary/aromatic N) is 2. The predicted octanol–water partition coefficient (Wildman–Crippen LogP) is 12.6. The lowest BCUT2D eigenvalue weighted by molar-refractivity contribution is 0.389. The van der Waals surface area contributed by atoms with Gasteiger partial charge in [-0.2, -0.15) is 0 Å². The Bertz CT molecular complexity index is 2860. The summed E-state index contributed by atoms with van der Waals surface area (Å²) in [7, 11) is 0. The molecule has 4 unspecified atom stereocenters. The van der Waals surface area contributed by atoms with Gasteiger partial charge < -0.3 is 9.47 Å². The lowest BCUT2D eigenvalue weighted by Gasteiger charge is -2.31. The molecule has 11 rings (SSSR count). The first-order chi connectivity index (χ1) is 26.3. The van der Waals surface area contributed by atoms with Crippen LogP contribution in [0.25, 0.3) is 54.6 Å². The Morgan fingerprint density at radius 1 is 0.642 bits per heavy atom. The van der Waals surface area contributed by atoms with E-state index in [1.54, 1.807) is 0 Å². The third kappa shape index (κ3) is 4.95. The molecule has 1 saturated heterocycles. The van der Waals surface area contributed by atoms with Crippen molar-refractivity contribution in [2.24, 2.45) is 11.8 Å². The summed E-state index contributed by atoms with van der Waals surface area (Å²) in [5.74, 6) is 1.12. The molecule has 7 aromatic rings. The van der Waals surface area contributed by atoms with Crippen LogP contribution in [0.1, 0.15) is 29.9 Å². The zero-order valence-corrected chi connectivity index (χ0v) is 29.4. The van der Waals surface area contributed by atoms with E-state index in [1.165, 1.54) is 77.1 Å². The Balaban J connectivity index is 0.950. The zero-order valence-electron chi connectivity index (χ0n) is 29.4. The van der Waals surface area contributed by atoms with Gasteiger partial charge in [0.2, 0.25) is 0 Å². The molecule has 53 heavy (non-hydrogen) atoms. The molecular formula is C51H38N2. The molecule has 6 aromatic carbocycles. The number of allylic oxidation sites excluding steroid dienone is 8. The van der Waals surface area contributed by atoms with E-state index in [0.29, 0.717) is 17.8 Å². The summed E-state index contributed by atoms with van der Waals surface area (Å²) in [6, 6.07) is 47.3. The molecule has 3 aliphatic carbocycles. The Morgan fingerprint density at radius 3 is 2.26 bits per heavy atom. The Hall–Kier alpha value is -6.34. The summed E-state index contributed by atoms with van der Waals surface area (Å²) in [5, 5.41) is 7.72. The molecule has 0 radical (unpaired) electrons. The second-order valence-electron chi connectivity index (χ2n) is 15.0. The lowest BCUT2D eigenvalue weighted by Crippen LogP contribution is -2.29. The fourth-order valence-electron chi connectivity index (χ4n) is 9.49. The third-order valence-corrected chi connectivity index (χ3v) is 12.1. The second kappa shape index (κ2) is 12.1. The standard InChI is InChI=1S/C51H38N2/c1-2-14-44-46-32-40(41-24-29-51-47(33-41)45-15-8-9-17-49(45)53(51)43-27-22-35-11-5-7-13-38(35)31-43)23-28-50(46)52(48(44)16-3-1)42-25-20-36(21-26-42)39-19-18-34-10-4-6-12-37(34)30-39/h1,3-20,22-31,33,36,44,46,48H,21,32H2. The molecule has 2 heterocycles. The van der Waals surface area contributed by atoms with Crippen molar-refractivity contribution in [1.29, 1.82) is 0 Å². The third-order valence-electron chi connectivity index (χ3n) is 12.1. The molecule has 0 spiro atoms. The largest absolute Gasteiger partial charge is 0.338 e. The van der Waals surface area contributed by atoms with Gasteiger partial charge in [0.25, 0.3) is 0 Å². The first kappa shape index (κ1) is 30.3. The van der Waals surface area contributed by atoms with Crippen LogP contribution >= 0.6 is 0 Å². The highest BCUT2D eigenvalue weighted by Gasteiger charge is 2.45. The number of hydrogen-bond donors (Lipinski definition) is 0. The Labute approximate surface area is 310 Å². The van der Waals surface area contributed by atoms with Crippen molar-refractivity contribution in [1.82, 2.24) is 9.47 Å². The van der Waals surface area contributed by atoms with Crippen LogP contribution in [-0.4, -0.2) is 15.5 Å². The minimum Gasteiger partial charge on any atom is -0.338 e. The van der Waals surface area contributed by atoms with Crippen LogP contribution < -0.4 is 0 Å². The zero-order chi connectivity index (χ0) is 34.9. The fourth-order valence-corrected chi connectivity index (χ4v) is 9.49. The fraction of sp³-hybridized carbons (Fsp3) is 0.118. The number of fused-ring (bicyclic) bond motifs is 8. The summed E-state index contributed by atoms with van der Waals surface area (Å²) < 4.78 is 2.43. The molecule has 0 amide bonds. The van der Waals surface area contributed by atoms with Crippen LogP contribution in [0, 0.1) is 11.8 Å². The van der Waals surface area contributed by atoms with Gasteiger partial charge in [0, 0.05) is 45.6 Å². The maximum absolute atomic E-state index is 3.50. The second-order valence-corrected chi connectivity index (χ2v) is 15.0. The smallest absolute Gasteiger partial charge is 0.0597 e. The van der Waals surface area contributed by atoms with Crippen LogP contribution in [0.5, 0.6) is 0 Å². The summed E-state index contributed by atoms with van der Waals surface area (Å²) in [4.78, 5) is 2.62. The van der Waals surface area contributed by atoms with E-state index >= 15 is 0 Å². The van der Waals surface area contributed by atoms with Gasteiger partial charge >= 0.3 is 0 Å². The van der Waals surface area contributed by atoms with Crippen molar-refractivity contribution in [3.8, 4) is 5.69 Å². The van der Waals surface area contributed by atoms with E-state index in [0.717, 1.165) is 12.8 Å². The summed E-state index contributed by atoms with van der Waals surface area (Å²) in [5.41, 5.74) is 14.0. The average Bonchev–Trinajstić information content (AvgIpc) is 3.59. The van der Waals surface area contributed by atoms with Crippen molar-refractivity contribution in [2.45, 2.75) is 24.8 Å². The molecule has 2 nitrogen and oxygen atoms in total. The molecule has 1 aliphatic heterocycles.